The van der Waals surface area contributed by atoms with Gasteiger partial charge in [0.25, 0.3) is 0 Å². The summed E-state index contributed by atoms with van der Waals surface area (Å²) in [7, 11) is 0. The number of rotatable bonds is 3. The van der Waals surface area contributed by atoms with Gasteiger partial charge in [-0.15, -0.1) is 12.4 Å². The van der Waals surface area contributed by atoms with E-state index in [1.807, 2.05) is 0 Å². The van der Waals surface area contributed by atoms with E-state index in [2.05, 4.69) is 17.6 Å². The van der Waals surface area contributed by atoms with E-state index in [4.69, 9.17) is 4.74 Å². The highest BCUT2D eigenvalue weighted by molar-refractivity contribution is 5.85. The molecule has 0 bridgehead atoms. The number of ether oxygens (including phenoxy) is 1. The minimum absolute atomic E-state index is 0. The summed E-state index contributed by atoms with van der Waals surface area (Å²) in [5.41, 5.74) is 0.154. The smallest absolute Gasteiger partial charge is 0.224 e. The number of hydrogen-bond acceptors (Lipinski definition) is 3. The van der Waals surface area contributed by atoms with E-state index in [1.165, 1.54) is 0 Å². The molecule has 0 aromatic rings. The Bertz CT molecular complexity index is 236. The summed E-state index contributed by atoms with van der Waals surface area (Å²) in [6.45, 7) is 6.33. The molecule has 2 N–H and O–H groups in total. The van der Waals surface area contributed by atoms with Crippen molar-refractivity contribution in [2.24, 2.45) is 11.3 Å². The second-order valence-electron chi connectivity index (χ2n) is 5.02. The van der Waals surface area contributed by atoms with Crippen LogP contribution in [0.2, 0.25) is 0 Å². The first kappa shape index (κ1) is 13.7. The minimum atomic E-state index is 0. The Kier molecular flexibility index (Phi) is 5.02. The average Bonchev–Trinajstić information content (AvgIpc) is 2.85. The molecule has 4 nitrogen and oxygen atoms in total. The van der Waals surface area contributed by atoms with Gasteiger partial charge in [0.1, 0.15) is 0 Å². The highest BCUT2D eigenvalue weighted by Gasteiger charge is 2.31. The maximum absolute atomic E-state index is 11.8. The quantitative estimate of drug-likeness (QED) is 0.768. The van der Waals surface area contributed by atoms with Crippen LogP contribution in [-0.2, 0) is 9.53 Å². The molecule has 0 radical (unpaired) electrons. The maximum atomic E-state index is 11.8. The predicted octanol–water partition coefficient (Wildman–Crippen LogP) is 0.560. The summed E-state index contributed by atoms with van der Waals surface area (Å²) in [6.07, 6.45) is 2.02. The molecule has 94 valence electrons. The first-order chi connectivity index (χ1) is 7.20. The third kappa shape index (κ3) is 3.34. The van der Waals surface area contributed by atoms with Crippen LogP contribution in [0, 0.1) is 11.3 Å². The van der Waals surface area contributed by atoms with Gasteiger partial charge in [-0.2, -0.15) is 0 Å². The lowest BCUT2D eigenvalue weighted by Gasteiger charge is -2.22. The van der Waals surface area contributed by atoms with E-state index < -0.39 is 0 Å². The van der Waals surface area contributed by atoms with Crippen molar-refractivity contribution in [3.8, 4) is 0 Å². The highest BCUT2D eigenvalue weighted by atomic mass is 35.5. The van der Waals surface area contributed by atoms with Gasteiger partial charge in [0.05, 0.1) is 12.5 Å². The van der Waals surface area contributed by atoms with Crippen molar-refractivity contribution < 1.29 is 9.53 Å². The van der Waals surface area contributed by atoms with Crippen molar-refractivity contribution in [2.75, 3.05) is 32.8 Å². The molecular formula is C11H21ClN2O2. The van der Waals surface area contributed by atoms with Gasteiger partial charge >= 0.3 is 0 Å². The normalized spacial score (nSPS) is 33.4. The van der Waals surface area contributed by atoms with E-state index in [-0.39, 0.29) is 29.6 Å². The summed E-state index contributed by atoms with van der Waals surface area (Å²) in [5.74, 6) is 0.379. The second kappa shape index (κ2) is 5.84. The first-order valence-electron chi connectivity index (χ1n) is 5.76. The fourth-order valence-corrected chi connectivity index (χ4v) is 2.17. The van der Waals surface area contributed by atoms with Gasteiger partial charge in [-0.1, -0.05) is 6.92 Å². The maximum Gasteiger partial charge on any atom is 0.224 e. The van der Waals surface area contributed by atoms with Crippen LogP contribution in [-0.4, -0.2) is 38.8 Å². The number of halogens is 1. The third-order valence-electron chi connectivity index (χ3n) is 3.42. The van der Waals surface area contributed by atoms with Gasteiger partial charge < -0.3 is 15.4 Å². The van der Waals surface area contributed by atoms with Crippen LogP contribution in [0.4, 0.5) is 0 Å². The number of carbonyl (C=O) groups excluding carboxylic acids is 1. The molecule has 2 rings (SSSR count). The number of hydrogen-bond donors (Lipinski definition) is 2. The monoisotopic (exact) mass is 248 g/mol. The fraction of sp³-hybridized carbons (Fsp3) is 0.909. The number of amides is 1. The van der Waals surface area contributed by atoms with E-state index >= 15 is 0 Å². The number of carbonyl (C=O) groups is 1. The molecule has 16 heavy (non-hydrogen) atoms. The van der Waals surface area contributed by atoms with Gasteiger partial charge in [-0.05, 0) is 19.4 Å². The molecule has 0 aromatic carbocycles. The molecule has 0 aliphatic carbocycles. The third-order valence-corrected chi connectivity index (χ3v) is 3.42. The van der Waals surface area contributed by atoms with E-state index in [9.17, 15) is 4.79 Å². The van der Waals surface area contributed by atoms with Crippen LogP contribution in [0.15, 0.2) is 0 Å². The Morgan fingerprint density at radius 3 is 3.00 bits per heavy atom. The summed E-state index contributed by atoms with van der Waals surface area (Å²) >= 11 is 0. The Labute approximate surface area is 103 Å². The zero-order chi connectivity index (χ0) is 10.7. The molecule has 2 atom stereocenters. The van der Waals surface area contributed by atoms with Crippen molar-refractivity contribution in [2.45, 2.75) is 19.8 Å². The van der Waals surface area contributed by atoms with Crippen molar-refractivity contribution in [3.05, 3.63) is 0 Å². The van der Waals surface area contributed by atoms with Crippen molar-refractivity contribution in [1.82, 2.24) is 10.6 Å². The topological polar surface area (TPSA) is 50.4 Å². The molecule has 0 spiro atoms. The van der Waals surface area contributed by atoms with E-state index in [0.717, 1.165) is 45.7 Å². The zero-order valence-corrected chi connectivity index (χ0v) is 10.6. The lowest BCUT2D eigenvalue weighted by Crippen LogP contribution is -2.39. The van der Waals surface area contributed by atoms with E-state index in [1.54, 1.807) is 0 Å². The Hall–Kier alpha value is -0.320. The lowest BCUT2D eigenvalue weighted by atomic mass is 9.90. The lowest BCUT2D eigenvalue weighted by molar-refractivity contribution is -0.124. The molecule has 2 aliphatic heterocycles. The van der Waals surface area contributed by atoms with Crippen LogP contribution in [0.25, 0.3) is 0 Å². The largest absolute Gasteiger partial charge is 0.381 e. The Morgan fingerprint density at radius 1 is 1.62 bits per heavy atom. The molecule has 0 aromatic heterocycles. The summed E-state index contributed by atoms with van der Waals surface area (Å²) in [5, 5.41) is 6.25. The van der Waals surface area contributed by atoms with Crippen LogP contribution in [0.5, 0.6) is 0 Å². The van der Waals surface area contributed by atoms with Gasteiger partial charge in [0, 0.05) is 25.1 Å². The van der Waals surface area contributed by atoms with Gasteiger partial charge in [-0.25, -0.2) is 0 Å². The van der Waals surface area contributed by atoms with Gasteiger partial charge in [-0.3, -0.25) is 4.79 Å². The number of nitrogens with one attached hydrogen (secondary N) is 2. The molecule has 2 heterocycles. The molecule has 0 saturated carbocycles. The molecule has 2 aliphatic rings. The predicted molar refractivity (Wildman–Crippen MR) is 64.8 cm³/mol. The van der Waals surface area contributed by atoms with Gasteiger partial charge in [0.15, 0.2) is 0 Å². The van der Waals surface area contributed by atoms with Crippen LogP contribution in [0.3, 0.4) is 0 Å². The Balaban J connectivity index is 0.00000128. The zero-order valence-electron chi connectivity index (χ0n) is 9.75. The summed E-state index contributed by atoms with van der Waals surface area (Å²) in [6, 6.07) is 0. The SMILES string of the molecule is CC1(CNC(=O)[C@@H]2CCNC2)CCOC1.Cl. The van der Waals surface area contributed by atoms with Gasteiger partial charge in [0.2, 0.25) is 5.91 Å². The molecule has 1 amide bonds. The van der Waals surface area contributed by atoms with Crippen molar-refractivity contribution >= 4 is 18.3 Å². The molecule has 2 saturated heterocycles. The highest BCUT2D eigenvalue weighted by Crippen LogP contribution is 2.26. The minimum Gasteiger partial charge on any atom is -0.381 e. The molecule has 5 heteroatoms. The molecule has 1 unspecified atom stereocenters. The molecular weight excluding hydrogens is 228 g/mol. The summed E-state index contributed by atoms with van der Waals surface area (Å²) in [4.78, 5) is 11.8. The Morgan fingerprint density at radius 2 is 2.44 bits per heavy atom. The average molecular weight is 249 g/mol. The molecule has 2 fully saturated rings. The standard InChI is InChI=1S/C11H20N2O2.ClH/c1-11(3-5-15-8-11)7-13-10(14)9-2-4-12-6-9;/h9,12H,2-8H2,1H3,(H,13,14);1H/t9-,11?;/m1./s1. The fourth-order valence-electron chi connectivity index (χ4n) is 2.17. The van der Waals surface area contributed by atoms with Crippen molar-refractivity contribution in [3.63, 3.8) is 0 Å². The van der Waals surface area contributed by atoms with Crippen LogP contribution >= 0.6 is 12.4 Å². The first-order valence-corrected chi connectivity index (χ1v) is 5.76. The van der Waals surface area contributed by atoms with E-state index in [0.29, 0.717) is 0 Å². The summed E-state index contributed by atoms with van der Waals surface area (Å²) < 4.78 is 5.35. The second-order valence-corrected chi connectivity index (χ2v) is 5.02. The van der Waals surface area contributed by atoms with Crippen LogP contribution in [0.1, 0.15) is 19.8 Å². The van der Waals surface area contributed by atoms with Crippen LogP contribution < -0.4 is 10.6 Å². The van der Waals surface area contributed by atoms with Crippen molar-refractivity contribution in [1.29, 1.82) is 0 Å².